The van der Waals surface area contributed by atoms with E-state index in [9.17, 15) is 18.0 Å². The lowest BCUT2D eigenvalue weighted by molar-refractivity contribution is 0.107. The summed E-state index contributed by atoms with van der Waals surface area (Å²) in [7, 11) is 0. The summed E-state index contributed by atoms with van der Waals surface area (Å²) in [6, 6.07) is 7.04. The number of rotatable bonds is 2. The summed E-state index contributed by atoms with van der Waals surface area (Å²) in [5.41, 5.74) is 7.11. The minimum absolute atomic E-state index is 0.0130. The van der Waals surface area contributed by atoms with E-state index in [2.05, 4.69) is 0 Å². The predicted molar refractivity (Wildman–Crippen MR) is 73.5 cm³/mol. The first-order valence-corrected chi connectivity index (χ1v) is 6.70. The highest BCUT2D eigenvalue weighted by Gasteiger charge is 2.26. The van der Waals surface area contributed by atoms with Crippen LogP contribution in [0.25, 0.3) is 11.1 Å². The highest BCUT2D eigenvalue weighted by molar-refractivity contribution is 5.67. The molecule has 0 aromatic heterocycles. The number of fused-ring (bicyclic) bond motifs is 1. The van der Waals surface area contributed by atoms with Crippen LogP contribution in [-0.4, -0.2) is 6.09 Å². The first-order chi connectivity index (χ1) is 10.5. The van der Waals surface area contributed by atoms with Crippen molar-refractivity contribution in [1.82, 2.24) is 0 Å². The molecule has 6 heteroatoms. The van der Waals surface area contributed by atoms with Crippen LogP contribution in [0.15, 0.2) is 30.3 Å². The molecule has 1 unspecified atom stereocenters. The molecule has 1 aliphatic rings. The minimum atomic E-state index is -1.49. The molecule has 114 valence electrons. The summed E-state index contributed by atoms with van der Waals surface area (Å²) in [6.45, 7) is 0. The van der Waals surface area contributed by atoms with Gasteiger partial charge in [-0.25, -0.2) is 18.0 Å². The summed E-state index contributed by atoms with van der Waals surface area (Å²) in [6.07, 6.45) is -0.0565. The standard InChI is InChI=1S/C16H12F3NO2/c17-12-5-4-11(14(18)15(12)19)9-1-3-10-8(7-9)2-6-13(10)22-16(20)21/h1,3-5,7,13H,2,6H2,(H2,20,21). The quantitative estimate of drug-likeness (QED) is 0.857. The number of ether oxygens (including phenoxy) is 1. The third-order valence-corrected chi connectivity index (χ3v) is 3.77. The monoisotopic (exact) mass is 307 g/mol. The number of primary amides is 1. The van der Waals surface area contributed by atoms with Crippen LogP contribution < -0.4 is 5.73 Å². The number of nitrogens with two attached hydrogens (primary N) is 1. The smallest absolute Gasteiger partial charge is 0.405 e. The Morgan fingerprint density at radius 3 is 2.64 bits per heavy atom. The van der Waals surface area contributed by atoms with Crippen molar-refractivity contribution >= 4 is 6.09 Å². The fraction of sp³-hybridized carbons (Fsp3) is 0.188. The van der Waals surface area contributed by atoms with Gasteiger partial charge in [-0.05, 0) is 41.7 Å². The maximum absolute atomic E-state index is 13.8. The first-order valence-electron chi connectivity index (χ1n) is 6.70. The molecule has 3 rings (SSSR count). The Labute approximate surface area is 124 Å². The van der Waals surface area contributed by atoms with Gasteiger partial charge in [-0.3, -0.25) is 0 Å². The SMILES string of the molecule is NC(=O)OC1CCc2cc(-c3ccc(F)c(F)c3F)ccc21. The molecule has 2 aromatic rings. The highest BCUT2D eigenvalue weighted by atomic mass is 19.2. The van der Waals surface area contributed by atoms with Gasteiger partial charge in [-0.1, -0.05) is 18.2 Å². The van der Waals surface area contributed by atoms with Crippen LogP contribution in [0.5, 0.6) is 0 Å². The van der Waals surface area contributed by atoms with Crippen LogP contribution in [0.4, 0.5) is 18.0 Å². The van der Waals surface area contributed by atoms with E-state index in [4.69, 9.17) is 10.5 Å². The molecule has 0 spiro atoms. The van der Waals surface area contributed by atoms with Crippen LogP contribution in [-0.2, 0) is 11.2 Å². The van der Waals surface area contributed by atoms with Crippen LogP contribution in [0.1, 0.15) is 23.7 Å². The summed E-state index contributed by atoms with van der Waals surface area (Å²) in [4.78, 5) is 10.8. The maximum Gasteiger partial charge on any atom is 0.405 e. The molecule has 0 radical (unpaired) electrons. The largest absolute Gasteiger partial charge is 0.441 e. The lowest BCUT2D eigenvalue weighted by Gasteiger charge is -2.12. The topological polar surface area (TPSA) is 52.3 Å². The molecule has 0 saturated heterocycles. The molecule has 3 nitrogen and oxygen atoms in total. The molecule has 0 aliphatic heterocycles. The fourth-order valence-corrected chi connectivity index (χ4v) is 2.76. The molecule has 22 heavy (non-hydrogen) atoms. The average molecular weight is 307 g/mol. The van der Waals surface area contributed by atoms with E-state index < -0.39 is 29.6 Å². The number of carbonyl (C=O) groups is 1. The van der Waals surface area contributed by atoms with Crippen molar-refractivity contribution in [3.8, 4) is 11.1 Å². The Hall–Kier alpha value is -2.50. The molecular formula is C16H12F3NO2. The Morgan fingerprint density at radius 1 is 1.14 bits per heavy atom. The van der Waals surface area contributed by atoms with E-state index in [1.807, 2.05) is 0 Å². The molecule has 2 aromatic carbocycles. The van der Waals surface area contributed by atoms with Gasteiger partial charge >= 0.3 is 6.09 Å². The van der Waals surface area contributed by atoms with Crippen molar-refractivity contribution < 1.29 is 22.7 Å². The van der Waals surface area contributed by atoms with Crippen molar-refractivity contribution in [1.29, 1.82) is 0 Å². The van der Waals surface area contributed by atoms with Gasteiger partial charge in [-0.2, -0.15) is 0 Å². The second-order valence-electron chi connectivity index (χ2n) is 5.10. The van der Waals surface area contributed by atoms with Gasteiger partial charge in [0.1, 0.15) is 6.10 Å². The second-order valence-corrected chi connectivity index (χ2v) is 5.10. The molecule has 2 N–H and O–H groups in total. The van der Waals surface area contributed by atoms with E-state index in [-0.39, 0.29) is 5.56 Å². The summed E-state index contributed by atoms with van der Waals surface area (Å²) in [5, 5.41) is 0. The van der Waals surface area contributed by atoms with Gasteiger partial charge in [0.2, 0.25) is 0 Å². The lowest BCUT2D eigenvalue weighted by atomic mass is 9.99. The van der Waals surface area contributed by atoms with Gasteiger partial charge in [-0.15, -0.1) is 0 Å². The summed E-state index contributed by atoms with van der Waals surface area (Å²) < 4.78 is 45.2. The molecule has 0 fully saturated rings. The highest BCUT2D eigenvalue weighted by Crippen LogP contribution is 2.37. The average Bonchev–Trinajstić information content (AvgIpc) is 2.86. The van der Waals surface area contributed by atoms with E-state index in [1.165, 1.54) is 6.07 Å². The van der Waals surface area contributed by atoms with Gasteiger partial charge in [0.25, 0.3) is 0 Å². The van der Waals surface area contributed by atoms with Crippen molar-refractivity contribution in [2.75, 3.05) is 0 Å². The summed E-state index contributed by atoms with van der Waals surface area (Å²) in [5.74, 6) is -3.94. The molecule has 1 aliphatic carbocycles. The van der Waals surface area contributed by atoms with E-state index in [1.54, 1.807) is 18.2 Å². The number of carbonyl (C=O) groups excluding carboxylic acids is 1. The second kappa shape index (κ2) is 5.36. The van der Waals surface area contributed by atoms with Gasteiger partial charge in [0.15, 0.2) is 17.5 Å². The van der Waals surface area contributed by atoms with Crippen LogP contribution in [0, 0.1) is 17.5 Å². The Balaban J connectivity index is 1.99. The molecule has 1 atom stereocenters. The van der Waals surface area contributed by atoms with Gasteiger partial charge in [0, 0.05) is 5.56 Å². The number of halogens is 3. The molecule has 0 saturated carbocycles. The van der Waals surface area contributed by atoms with E-state index >= 15 is 0 Å². The zero-order valence-electron chi connectivity index (χ0n) is 11.4. The number of aryl methyl sites for hydroxylation is 1. The number of amides is 1. The molecule has 0 bridgehead atoms. The first kappa shape index (κ1) is 14.4. The minimum Gasteiger partial charge on any atom is -0.441 e. The molecule has 0 heterocycles. The molecular weight excluding hydrogens is 295 g/mol. The van der Waals surface area contributed by atoms with Gasteiger partial charge < -0.3 is 10.5 Å². The van der Waals surface area contributed by atoms with Crippen LogP contribution in [0.2, 0.25) is 0 Å². The number of benzene rings is 2. The van der Waals surface area contributed by atoms with Crippen molar-refractivity contribution in [2.24, 2.45) is 5.73 Å². The number of hydrogen-bond acceptors (Lipinski definition) is 2. The van der Waals surface area contributed by atoms with Crippen LogP contribution >= 0.6 is 0 Å². The van der Waals surface area contributed by atoms with Crippen LogP contribution in [0.3, 0.4) is 0 Å². The van der Waals surface area contributed by atoms with E-state index in [0.717, 1.165) is 17.2 Å². The van der Waals surface area contributed by atoms with E-state index in [0.29, 0.717) is 18.4 Å². The third-order valence-electron chi connectivity index (χ3n) is 3.77. The lowest BCUT2D eigenvalue weighted by Crippen LogP contribution is -2.15. The van der Waals surface area contributed by atoms with Gasteiger partial charge in [0.05, 0.1) is 0 Å². The molecule has 1 amide bonds. The third kappa shape index (κ3) is 2.41. The van der Waals surface area contributed by atoms with Crippen molar-refractivity contribution in [3.63, 3.8) is 0 Å². The zero-order valence-corrected chi connectivity index (χ0v) is 11.4. The fourth-order valence-electron chi connectivity index (χ4n) is 2.76. The summed E-state index contributed by atoms with van der Waals surface area (Å²) >= 11 is 0. The Bertz CT molecular complexity index is 761. The Morgan fingerprint density at radius 2 is 1.91 bits per heavy atom. The predicted octanol–water partition coefficient (Wildman–Crippen LogP) is 3.85. The number of hydrogen-bond donors (Lipinski definition) is 1. The zero-order chi connectivity index (χ0) is 15.9. The normalized spacial score (nSPS) is 16.4. The van der Waals surface area contributed by atoms with Crippen molar-refractivity contribution in [3.05, 3.63) is 58.9 Å². The maximum atomic E-state index is 13.8. The van der Waals surface area contributed by atoms with Crippen molar-refractivity contribution in [2.45, 2.75) is 18.9 Å². The Kier molecular flexibility index (Phi) is 3.52.